The Morgan fingerprint density at radius 1 is 0.892 bits per heavy atom. The molecule has 0 amide bonds. The number of benzene rings is 3. The van der Waals surface area contributed by atoms with Crippen LogP contribution in [0.25, 0.3) is 38.7 Å². The fourth-order valence-corrected chi connectivity index (χ4v) is 4.55. The van der Waals surface area contributed by atoms with Gasteiger partial charge in [-0.3, -0.25) is 4.40 Å². The molecule has 0 saturated carbocycles. The normalized spacial score (nSPS) is 11.0. The molecule has 3 aromatic heterocycles. The summed E-state index contributed by atoms with van der Waals surface area (Å²) in [6, 6.07) is 24.8. The van der Waals surface area contributed by atoms with Gasteiger partial charge in [-0.05, 0) is 61.5 Å². The molecule has 8 heteroatoms. The van der Waals surface area contributed by atoms with E-state index in [-0.39, 0.29) is 28.4 Å². The van der Waals surface area contributed by atoms with Crippen LogP contribution < -0.4 is 10.5 Å². The molecule has 0 radical (unpaired) electrons. The molecular formula is C29H17FN6O. The van der Waals surface area contributed by atoms with E-state index in [1.54, 1.807) is 4.40 Å². The standard InChI is InChI=1S/C29H17FN6O/c1-16-6-11-23-17(12-16)13-20(29(35-23)37-19-9-7-18(30)8-10-19)26-21(14-31)27(33)36-25-5-3-2-4-24(25)34-28(36)22(26)15-32/h2-13H,33H2,1H3. The summed E-state index contributed by atoms with van der Waals surface area (Å²) in [4.78, 5) is 9.37. The van der Waals surface area contributed by atoms with Crippen LogP contribution in [0.15, 0.2) is 72.8 Å². The van der Waals surface area contributed by atoms with Crippen LogP contribution in [0, 0.1) is 35.4 Å². The Kier molecular flexibility index (Phi) is 4.96. The van der Waals surface area contributed by atoms with Gasteiger partial charge < -0.3 is 10.5 Å². The first-order chi connectivity index (χ1) is 18.0. The molecule has 0 saturated heterocycles. The lowest BCUT2D eigenvalue weighted by Gasteiger charge is -2.16. The average Bonchev–Trinajstić information content (AvgIpc) is 3.29. The zero-order chi connectivity index (χ0) is 25.7. The molecule has 0 aliphatic carbocycles. The number of ether oxygens (including phenoxy) is 1. The molecular weight excluding hydrogens is 467 g/mol. The van der Waals surface area contributed by atoms with Crippen molar-refractivity contribution in [3.05, 3.63) is 95.3 Å². The van der Waals surface area contributed by atoms with Crippen molar-refractivity contribution in [2.24, 2.45) is 0 Å². The summed E-state index contributed by atoms with van der Waals surface area (Å²) < 4.78 is 21.3. The van der Waals surface area contributed by atoms with Crippen molar-refractivity contribution in [2.75, 3.05) is 5.73 Å². The molecule has 0 fully saturated rings. The number of rotatable bonds is 3. The summed E-state index contributed by atoms with van der Waals surface area (Å²) in [6.45, 7) is 1.96. The van der Waals surface area contributed by atoms with E-state index in [2.05, 4.69) is 17.1 Å². The van der Waals surface area contributed by atoms with E-state index in [9.17, 15) is 14.9 Å². The molecule has 0 aliphatic heterocycles. The van der Waals surface area contributed by atoms with E-state index in [4.69, 9.17) is 15.5 Å². The molecule has 176 valence electrons. The highest BCUT2D eigenvalue weighted by Crippen LogP contribution is 2.41. The van der Waals surface area contributed by atoms with Gasteiger partial charge >= 0.3 is 0 Å². The average molecular weight is 484 g/mol. The van der Waals surface area contributed by atoms with Crippen molar-refractivity contribution in [1.82, 2.24) is 14.4 Å². The number of aryl methyl sites for hydroxylation is 1. The lowest BCUT2D eigenvalue weighted by Crippen LogP contribution is -2.06. The molecule has 7 nitrogen and oxygen atoms in total. The van der Waals surface area contributed by atoms with E-state index >= 15 is 0 Å². The number of fused-ring (bicyclic) bond motifs is 4. The van der Waals surface area contributed by atoms with Gasteiger partial charge in [0.05, 0.1) is 16.6 Å². The van der Waals surface area contributed by atoms with Crippen molar-refractivity contribution >= 4 is 33.4 Å². The molecule has 0 bridgehead atoms. The van der Waals surface area contributed by atoms with Crippen LogP contribution in [-0.4, -0.2) is 14.4 Å². The van der Waals surface area contributed by atoms with Crippen molar-refractivity contribution in [1.29, 1.82) is 10.5 Å². The number of nitrogens with two attached hydrogens (primary N) is 1. The second kappa shape index (κ2) is 8.33. The van der Waals surface area contributed by atoms with Crippen LogP contribution in [0.3, 0.4) is 0 Å². The van der Waals surface area contributed by atoms with E-state index in [1.165, 1.54) is 24.3 Å². The molecule has 6 aromatic rings. The number of hydrogen-bond donors (Lipinski definition) is 1. The number of aromatic nitrogens is 3. The van der Waals surface area contributed by atoms with Gasteiger partial charge in [0.25, 0.3) is 0 Å². The third-order valence-corrected chi connectivity index (χ3v) is 6.24. The molecule has 6 rings (SSSR count). The first-order valence-electron chi connectivity index (χ1n) is 11.4. The number of anilines is 1. The zero-order valence-electron chi connectivity index (χ0n) is 19.5. The van der Waals surface area contributed by atoms with Gasteiger partial charge in [-0.15, -0.1) is 0 Å². The van der Waals surface area contributed by atoms with E-state index in [1.807, 2.05) is 55.5 Å². The summed E-state index contributed by atoms with van der Waals surface area (Å²) in [6.07, 6.45) is 0. The molecule has 3 aromatic carbocycles. The van der Waals surface area contributed by atoms with Crippen LogP contribution in [0.5, 0.6) is 11.6 Å². The summed E-state index contributed by atoms with van der Waals surface area (Å²) in [5.74, 6) is 0.241. The maximum atomic E-state index is 13.5. The Balaban J connectivity index is 1.73. The quantitative estimate of drug-likeness (QED) is 0.317. The van der Waals surface area contributed by atoms with Gasteiger partial charge in [0.15, 0.2) is 5.65 Å². The van der Waals surface area contributed by atoms with Gasteiger partial charge in [0.2, 0.25) is 5.88 Å². The van der Waals surface area contributed by atoms with Crippen LogP contribution in [-0.2, 0) is 0 Å². The Morgan fingerprint density at radius 3 is 2.41 bits per heavy atom. The molecule has 0 spiro atoms. The van der Waals surface area contributed by atoms with Crippen LogP contribution >= 0.6 is 0 Å². The minimum absolute atomic E-state index is 0.102. The van der Waals surface area contributed by atoms with E-state index in [0.29, 0.717) is 33.5 Å². The van der Waals surface area contributed by atoms with Crippen LogP contribution in [0.1, 0.15) is 16.7 Å². The van der Waals surface area contributed by atoms with E-state index < -0.39 is 5.82 Å². The minimum atomic E-state index is -0.405. The van der Waals surface area contributed by atoms with Gasteiger partial charge in [-0.2, -0.15) is 10.5 Å². The first kappa shape index (κ1) is 22.0. The van der Waals surface area contributed by atoms with Crippen molar-refractivity contribution in [3.8, 4) is 34.9 Å². The fourth-order valence-electron chi connectivity index (χ4n) is 4.55. The van der Waals surface area contributed by atoms with Crippen molar-refractivity contribution in [2.45, 2.75) is 6.92 Å². The molecule has 0 atom stereocenters. The van der Waals surface area contributed by atoms with E-state index in [0.717, 1.165) is 10.9 Å². The Hall–Kier alpha value is -5.47. The monoisotopic (exact) mass is 484 g/mol. The van der Waals surface area contributed by atoms with Crippen LogP contribution in [0.4, 0.5) is 10.2 Å². The Morgan fingerprint density at radius 2 is 1.65 bits per heavy atom. The lowest BCUT2D eigenvalue weighted by atomic mass is 9.95. The third-order valence-electron chi connectivity index (χ3n) is 6.24. The summed E-state index contributed by atoms with van der Waals surface area (Å²) in [7, 11) is 0. The summed E-state index contributed by atoms with van der Waals surface area (Å²) in [5.41, 5.74) is 10.8. The summed E-state index contributed by atoms with van der Waals surface area (Å²) in [5, 5.41) is 21.4. The number of halogens is 1. The minimum Gasteiger partial charge on any atom is -0.438 e. The number of nitrogens with zero attached hydrogens (tertiary/aromatic N) is 5. The van der Waals surface area contributed by atoms with Crippen molar-refractivity contribution in [3.63, 3.8) is 0 Å². The van der Waals surface area contributed by atoms with Gasteiger partial charge in [-0.25, -0.2) is 14.4 Å². The number of hydrogen-bond acceptors (Lipinski definition) is 6. The van der Waals surface area contributed by atoms with Gasteiger partial charge in [0.1, 0.15) is 40.6 Å². The predicted octanol–water partition coefficient (Wildman–Crippen LogP) is 6.27. The number of pyridine rings is 2. The maximum Gasteiger partial charge on any atom is 0.227 e. The molecule has 2 N–H and O–H groups in total. The molecule has 0 aliphatic rings. The first-order valence-corrected chi connectivity index (χ1v) is 11.4. The smallest absolute Gasteiger partial charge is 0.227 e. The molecule has 37 heavy (non-hydrogen) atoms. The predicted molar refractivity (Wildman–Crippen MR) is 138 cm³/mol. The third kappa shape index (κ3) is 3.48. The second-order valence-corrected chi connectivity index (χ2v) is 8.59. The molecule has 3 heterocycles. The Labute approximate surface area is 210 Å². The Bertz CT molecular complexity index is 1960. The molecule has 0 unspecified atom stereocenters. The second-order valence-electron chi connectivity index (χ2n) is 8.59. The highest BCUT2D eigenvalue weighted by Gasteiger charge is 2.26. The number of nitrogen functional groups attached to an aromatic ring is 1. The summed E-state index contributed by atoms with van der Waals surface area (Å²) >= 11 is 0. The van der Waals surface area contributed by atoms with Gasteiger partial charge in [0, 0.05) is 16.5 Å². The van der Waals surface area contributed by atoms with Crippen LogP contribution in [0.2, 0.25) is 0 Å². The lowest BCUT2D eigenvalue weighted by molar-refractivity contribution is 0.465. The zero-order valence-corrected chi connectivity index (χ0v) is 19.5. The SMILES string of the molecule is Cc1ccc2nc(Oc3ccc(F)cc3)c(-c3c(C#N)c(N)n4c(nc5ccccc54)c3C#N)cc2c1. The largest absolute Gasteiger partial charge is 0.438 e. The highest BCUT2D eigenvalue weighted by molar-refractivity contribution is 5.96. The highest BCUT2D eigenvalue weighted by atomic mass is 19.1. The van der Waals surface area contributed by atoms with Crippen molar-refractivity contribution < 1.29 is 9.13 Å². The topological polar surface area (TPSA) is 113 Å². The maximum absolute atomic E-state index is 13.5. The number of imidazole rings is 1. The van der Waals surface area contributed by atoms with Gasteiger partial charge in [-0.1, -0.05) is 23.8 Å². The number of para-hydroxylation sites is 2. The number of nitriles is 2. The fraction of sp³-hybridized carbons (Fsp3) is 0.0345.